The van der Waals surface area contributed by atoms with E-state index in [1.165, 1.54) is 11.1 Å². The Hall–Kier alpha value is -1.44. The van der Waals surface area contributed by atoms with Crippen LogP contribution in [0.15, 0.2) is 70.3 Å². The number of allylic oxidation sites excluding steroid dienone is 12. The van der Waals surface area contributed by atoms with E-state index < -0.39 is 0 Å². The minimum atomic E-state index is 0. The molecule has 2 aliphatic rings. The van der Waals surface area contributed by atoms with E-state index in [0.717, 1.165) is 24.0 Å². The van der Waals surface area contributed by atoms with Crippen LogP contribution in [0.3, 0.4) is 0 Å². The Bertz CT molecular complexity index is 486. The Morgan fingerprint density at radius 3 is 1.33 bits per heavy atom. The summed E-state index contributed by atoms with van der Waals surface area (Å²) in [5.41, 5.74) is 4.42. The molecule has 3 heteroatoms. The number of hydrogen-bond acceptors (Lipinski definition) is 2. The second-order valence-corrected chi connectivity index (χ2v) is 4.81. The first-order valence-electron chi connectivity index (χ1n) is 7.06. The van der Waals surface area contributed by atoms with Gasteiger partial charge in [0.15, 0.2) is 0 Å². The van der Waals surface area contributed by atoms with Crippen LogP contribution in [0.4, 0.5) is 0 Å². The molecule has 21 heavy (non-hydrogen) atoms. The molecular weight excluding hydrogens is 304 g/mol. The third-order valence-electron chi connectivity index (χ3n) is 3.35. The maximum absolute atomic E-state index is 9.14. The predicted molar refractivity (Wildman–Crippen MR) is 85.7 cm³/mol. The molecule has 116 valence electrons. The van der Waals surface area contributed by atoms with Crippen LogP contribution >= 0.6 is 0 Å². The molecule has 0 amide bonds. The molecule has 0 atom stereocenters. The number of aliphatic hydroxyl groups excluding tert-OH is 2. The summed E-state index contributed by atoms with van der Waals surface area (Å²) in [5.74, 6) is 0.837. The third-order valence-corrected chi connectivity index (χ3v) is 3.35. The Labute approximate surface area is 138 Å². The van der Waals surface area contributed by atoms with Crippen molar-refractivity contribution in [2.45, 2.75) is 40.5 Å². The monoisotopic (exact) mass is 328 g/mol. The summed E-state index contributed by atoms with van der Waals surface area (Å²) >= 11 is 0. The van der Waals surface area contributed by atoms with Gasteiger partial charge in [0.1, 0.15) is 0 Å². The fourth-order valence-corrected chi connectivity index (χ4v) is 2.24. The van der Waals surface area contributed by atoms with Gasteiger partial charge >= 0.3 is 0 Å². The second-order valence-electron chi connectivity index (χ2n) is 4.81. The van der Waals surface area contributed by atoms with Crippen LogP contribution in [0.25, 0.3) is 0 Å². The van der Waals surface area contributed by atoms with Crippen LogP contribution in [0.1, 0.15) is 40.5 Å². The Morgan fingerprint density at radius 2 is 1.14 bits per heavy atom. The van der Waals surface area contributed by atoms with Crippen molar-refractivity contribution in [1.29, 1.82) is 0 Å². The molecule has 0 saturated heterocycles. The van der Waals surface area contributed by atoms with E-state index in [0.29, 0.717) is 11.5 Å². The molecule has 0 heterocycles. The molecule has 2 aliphatic carbocycles. The molecule has 0 bridgehead atoms. The van der Waals surface area contributed by atoms with Crippen molar-refractivity contribution in [2.24, 2.45) is 0 Å². The largest absolute Gasteiger partial charge is 0.512 e. The molecule has 0 aliphatic heterocycles. The van der Waals surface area contributed by atoms with Crippen molar-refractivity contribution in [3.63, 3.8) is 0 Å². The first-order chi connectivity index (χ1) is 9.51. The quantitative estimate of drug-likeness (QED) is 0.523. The molecule has 2 nitrogen and oxygen atoms in total. The van der Waals surface area contributed by atoms with Crippen molar-refractivity contribution in [3.8, 4) is 0 Å². The zero-order valence-electron chi connectivity index (χ0n) is 13.1. The van der Waals surface area contributed by atoms with Gasteiger partial charge in [0.2, 0.25) is 0 Å². The summed E-state index contributed by atoms with van der Waals surface area (Å²) in [4.78, 5) is 0. The molecule has 0 unspecified atom stereocenters. The van der Waals surface area contributed by atoms with Crippen molar-refractivity contribution >= 4 is 0 Å². The van der Waals surface area contributed by atoms with Gasteiger partial charge in [0.25, 0.3) is 0 Å². The van der Waals surface area contributed by atoms with Gasteiger partial charge < -0.3 is 10.2 Å². The summed E-state index contributed by atoms with van der Waals surface area (Å²) < 4.78 is 0. The predicted octanol–water partition coefficient (Wildman–Crippen LogP) is 5.45. The number of aliphatic hydroxyl groups is 2. The molecule has 0 aromatic heterocycles. The van der Waals surface area contributed by atoms with Gasteiger partial charge in [-0.25, -0.2) is 0 Å². The Balaban J connectivity index is 0.000000364. The fourth-order valence-electron chi connectivity index (χ4n) is 2.24. The van der Waals surface area contributed by atoms with Gasteiger partial charge in [-0.05, 0) is 37.8 Å². The third kappa shape index (κ3) is 5.45. The maximum Gasteiger partial charge on any atom is 0.0966 e. The summed E-state index contributed by atoms with van der Waals surface area (Å²) in [7, 11) is 0. The zero-order chi connectivity index (χ0) is 15.1. The van der Waals surface area contributed by atoms with E-state index in [1.54, 1.807) is 13.8 Å². The van der Waals surface area contributed by atoms with Crippen LogP contribution in [-0.4, -0.2) is 10.2 Å². The van der Waals surface area contributed by atoms with Gasteiger partial charge in [-0.15, -0.1) is 0 Å². The van der Waals surface area contributed by atoms with Gasteiger partial charge in [-0.2, -0.15) is 0 Å². The van der Waals surface area contributed by atoms with E-state index in [1.807, 2.05) is 36.5 Å². The van der Waals surface area contributed by atoms with Crippen LogP contribution in [0.2, 0.25) is 0 Å². The van der Waals surface area contributed by atoms with Crippen LogP contribution in [-0.2, 0) is 17.1 Å². The average molecular weight is 328 g/mol. The minimum absolute atomic E-state index is 0. The van der Waals surface area contributed by atoms with Crippen molar-refractivity contribution in [1.82, 2.24) is 0 Å². The van der Waals surface area contributed by atoms with Crippen LogP contribution in [0.5, 0.6) is 0 Å². The Kier molecular flexibility index (Phi) is 8.84. The van der Waals surface area contributed by atoms with E-state index >= 15 is 0 Å². The van der Waals surface area contributed by atoms with E-state index in [4.69, 9.17) is 10.2 Å². The van der Waals surface area contributed by atoms with Gasteiger partial charge in [0.05, 0.1) is 11.5 Å². The molecule has 0 aromatic carbocycles. The SMILES string of the molecule is CCC1=CC=C/C1=C(\C)O.CCC1=CC=C/C1=C(\C)O.[Fe]. The summed E-state index contributed by atoms with van der Waals surface area (Å²) in [6.07, 6.45) is 13.9. The molecule has 0 aromatic rings. The maximum atomic E-state index is 9.14. The van der Waals surface area contributed by atoms with Crippen molar-refractivity contribution in [2.75, 3.05) is 0 Å². The van der Waals surface area contributed by atoms with E-state index in [2.05, 4.69) is 13.8 Å². The number of rotatable bonds is 2. The molecule has 0 spiro atoms. The van der Waals surface area contributed by atoms with Crippen molar-refractivity contribution in [3.05, 3.63) is 70.3 Å². The normalized spacial score (nSPS) is 20.2. The minimum Gasteiger partial charge on any atom is -0.512 e. The van der Waals surface area contributed by atoms with Crippen LogP contribution in [0, 0.1) is 0 Å². The number of hydrogen-bond donors (Lipinski definition) is 2. The molecule has 2 N–H and O–H groups in total. The first kappa shape index (κ1) is 19.6. The van der Waals surface area contributed by atoms with E-state index in [9.17, 15) is 0 Å². The van der Waals surface area contributed by atoms with Crippen LogP contribution < -0.4 is 0 Å². The molecular formula is C18H24FeO2. The first-order valence-corrected chi connectivity index (χ1v) is 7.06. The summed E-state index contributed by atoms with van der Waals surface area (Å²) in [6.45, 7) is 7.60. The van der Waals surface area contributed by atoms with Crippen molar-refractivity contribution < 1.29 is 27.3 Å². The zero-order valence-corrected chi connectivity index (χ0v) is 14.2. The second kappa shape index (κ2) is 9.49. The topological polar surface area (TPSA) is 40.5 Å². The van der Waals surface area contributed by atoms with Gasteiger partial charge in [0, 0.05) is 28.2 Å². The average Bonchev–Trinajstić information content (AvgIpc) is 3.07. The molecule has 2 rings (SSSR count). The molecule has 0 fully saturated rings. The van der Waals surface area contributed by atoms with E-state index in [-0.39, 0.29) is 17.1 Å². The summed E-state index contributed by atoms with van der Waals surface area (Å²) in [6, 6.07) is 0. The molecule has 0 radical (unpaired) electrons. The van der Waals surface area contributed by atoms with Gasteiger partial charge in [-0.3, -0.25) is 0 Å². The smallest absolute Gasteiger partial charge is 0.0966 e. The summed E-state index contributed by atoms with van der Waals surface area (Å²) in [5, 5.41) is 18.3. The van der Waals surface area contributed by atoms with Gasteiger partial charge in [-0.1, -0.05) is 50.3 Å². The Morgan fingerprint density at radius 1 is 0.810 bits per heavy atom. The standard InChI is InChI=1S/2C9H12O.Fe/c2*1-3-8-5-4-6-9(8)7(2)10;/h2*4-6,10H,3H2,1-2H3;/b2*9-7-;. The fraction of sp³-hybridized carbons (Fsp3) is 0.333. The molecule has 0 saturated carbocycles.